The fourth-order valence-corrected chi connectivity index (χ4v) is 1.39. The third-order valence-electron chi connectivity index (χ3n) is 1.49. The topological polar surface area (TPSA) is 18.5 Å². The van der Waals surface area contributed by atoms with E-state index in [-0.39, 0.29) is 6.29 Å². The number of fused-ring (bicyclic) bond motifs is 1. The minimum Gasteiger partial charge on any atom is -0.451 e. The summed E-state index contributed by atoms with van der Waals surface area (Å²) >= 11 is 3.35. The molecule has 0 unspecified atom stereocenters. The van der Waals surface area contributed by atoms with Crippen LogP contribution in [0, 0.1) is 0 Å². The van der Waals surface area contributed by atoms with Crippen molar-refractivity contribution in [3.8, 4) is 11.5 Å². The summed E-state index contributed by atoms with van der Waals surface area (Å²) in [5.74, 6) is 1.63. The second-order valence-corrected chi connectivity index (χ2v) is 3.31. The number of rotatable bonds is 0. The molecule has 0 bridgehead atoms. The summed E-state index contributed by atoms with van der Waals surface area (Å²) in [6.07, 6.45) is -0.153. The first-order valence-electron chi connectivity index (χ1n) is 3.38. The van der Waals surface area contributed by atoms with E-state index in [0.29, 0.717) is 0 Å². The quantitative estimate of drug-likeness (QED) is 0.662. The largest absolute Gasteiger partial charge is 0.451 e. The molecule has 3 heteroatoms. The SMILES string of the molecule is C[C@H]1Oc2ccc(Br)cc2O1. The molecule has 2 nitrogen and oxygen atoms in total. The van der Waals surface area contributed by atoms with Crippen molar-refractivity contribution in [2.75, 3.05) is 0 Å². The Bertz CT molecular complexity index is 285. The Morgan fingerprint density at radius 3 is 2.82 bits per heavy atom. The fraction of sp³-hybridized carbons (Fsp3) is 0.250. The van der Waals surface area contributed by atoms with Crippen molar-refractivity contribution in [3.63, 3.8) is 0 Å². The minimum absolute atomic E-state index is 0.153. The predicted octanol–water partition coefficient (Wildman–Crippen LogP) is 2.57. The van der Waals surface area contributed by atoms with Gasteiger partial charge in [-0.3, -0.25) is 0 Å². The minimum atomic E-state index is -0.153. The molecule has 0 saturated carbocycles. The molecule has 0 radical (unpaired) electrons. The molecule has 0 amide bonds. The molecule has 1 heterocycles. The van der Waals surface area contributed by atoms with Crippen molar-refractivity contribution in [2.45, 2.75) is 13.2 Å². The molecule has 1 atom stereocenters. The van der Waals surface area contributed by atoms with Crippen molar-refractivity contribution in [1.29, 1.82) is 0 Å². The van der Waals surface area contributed by atoms with Gasteiger partial charge in [-0.05, 0) is 18.2 Å². The Kier molecular flexibility index (Phi) is 1.53. The smallest absolute Gasteiger partial charge is 0.238 e. The summed E-state index contributed by atoms with van der Waals surface area (Å²) in [4.78, 5) is 0. The lowest BCUT2D eigenvalue weighted by atomic mass is 10.3. The van der Waals surface area contributed by atoms with Gasteiger partial charge in [0.1, 0.15) is 0 Å². The van der Waals surface area contributed by atoms with E-state index in [1.165, 1.54) is 0 Å². The lowest BCUT2D eigenvalue weighted by Gasteiger charge is -1.99. The number of hydrogen-bond donors (Lipinski definition) is 0. The summed E-state index contributed by atoms with van der Waals surface area (Å²) in [5.41, 5.74) is 0. The molecule has 2 rings (SSSR count). The highest BCUT2D eigenvalue weighted by Crippen LogP contribution is 2.36. The van der Waals surface area contributed by atoms with E-state index in [1.54, 1.807) is 0 Å². The standard InChI is InChI=1S/C8H7BrO2/c1-5-10-7-3-2-6(9)4-8(7)11-5/h2-5H,1H3/t5-/m0/s1. The van der Waals surface area contributed by atoms with E-state index in [2.05, 4.69) is 15.9 Å². The molecule has 0 aliphatic carbocycles. The molecular weight excluding hydrogens is 208 g/mol. The van der Waals surface area contributed by atoms with E-state index in [9.17, 15) is 0 Å². The molecule has 0 fully saturated rings. The molecular formula is C8H7BrO2. The van der Waals surface area contributed by atoms with Crippen molar-refractivity contribution >= 4 is 15.9 Å². The van der Waals surface area contributed by atoms with Gasteiger partial charge in [-0.25, -0.2) is 0 Å². The summed E-state index contributed by atoms with van der Waals surface area (Å²) in [6, 6.07) is 5.72. The second-order valence-electron chi connectivity index (χ2n) is 2.39. The Morgan fingerprint density at radius 1 is 1.27 bits per heavy atom. The van der Waals surface area contributed by atoms with Crippen molar-refractivity contribution in [3.05, 3.63) is 22.7 Å². The third-order valence-corrected chi connectivity index (χ3v) is 1.98. The van der Waals surface area contributed by atoms with Gasteiger partial charge in [-0.15, -0.1) is 0 Å². The number of halogens is 1. The maximum Gasteiger partial charge on any atom is 0.238 e. The zero-order chi connectivity index (χ0) is 7.84. The maximum absolute atomic E-state index is 5.34. The first-order valence-corrected chi connectivity index (χ1v) is 4.18. The Balaban J connectivity index is 2.43. The van der Waals surface area contributed by atoms with Gasteiger partial charge in [-0.2, -0.15) is 0 Å². The predicted molar refractivity (Wildman–Crippen MR) is 44.9 cm³/mol. The van der Waals surface area contributed by atoms with Crippen molar-refractivity contribution in [1.82, 2.24) is 0 Å². The molecule has 1 aromatic rings. The van der Waals surface area contributed by atoms with E-state index < -0.39 is 0 Å². The summed E-state index contributed by atoms with van der Waals surface area (Å²) in [6.45, 7) is 1.87. The van der Waals surface area contributed by atoms with Crippen molar-refractivity contribution in [2.24, 2.45) is 0 Å². The lowest BCUT2D eigenvalue weighted by Crippen LogP contribution is -2.11. The highest BCUT2D eigenvalue weighted by atomic mass is 79.9. The van der Waals surface area contributed by atoms with Crippen LogP contribution in [0.2, 0.25) is 0 Å². The zero-order valence-corrected chi connectivity index (χ0v) is 7.59. The van der Waals surface area contributed by atoms with E-state index in [0.717, 1.165) is 16.0 Å². The molecule has 0 aromatic heterocycles. The van der Waals surface area contributed by atoms with E-state index in [1.807, 2.05) is 25.1 Å². The van der Waals surface area contributed by atoms with Crippen molar-refractivity contribution < 1.29 is 9.47 Å². The molecule has 1 aliphatic rings. The van der Waals surface area contributed by atoms with E-state index >= 15 is 0 Å². The van der Waals surface area contributed by atoms with Gasteiger partial charge in [-0.1, -0.05) is 15.9 Å². The summed E-state index contributed by atoms with van der Waals surface area (Å²) in [5, 5.41) is 0. The van der Waals surface area contributed by atoms with Gasteiger partial charge in [0.2, 0.25) is 6.29 Å². The van der Waals surface area contributed by atoms with Gasteiger partial charge in [0.25, 0.3) is 0 Å². The zero-order valence-electron chi connectivity index (χ0n) is 6.00. The first-order chi connectivity index (χ1) is 5.25. The number of hydrogen-bond acceptors (Lipinski definition) is 2. The van der Waals surface area contributed by atoms with E-state index in [4.69, 9.17) is 9.47 Å². The van der Waals surface area contributed by atoms with Gasteiger partial charge < -0.3 is 9.47 Å². The van der Waals surface area contributed by atoms with Gasteiger partial charge in [0, 0.05) is 11.4 Å². The van der Waals surface area contributed by atoms with Crippen LogP contribution in [0.3, 0.4) is 0 Å². The third kappa shape index (κ3) is 1.20. The van der Waals surface area contributed by atoms with Gasteiger partial charge >= 0.3 is 0 Å². The van der Waals surface area contributed by atoms with Crippen LogP contribution in [0.1, 0.15) is 6.92 Å². The van der Waals surface area contributed by atoms with Crippen LogP contribution >= 0.6 is 15.9 Å². The first kappa shape index (κ1) is 6.98. The Morgan fingerprint density at radius 2 is 2.00 bits per heavy atom. The molecule has 11 heavy (non-hydrogen) atoms. The molecule has 0 saturated heterocycles. The molecule has 1 aliphatic heterocycles. The average Bonchev–Trinajstić information content (AvgIpc) is 2.27. The van der Waals surface area contributed by atoms with Crippen LogP contribution < -0.4 is 9.47 Å². The van der Waals surface area contributed by atoms with Crippen LogP contribution in [-0.2, 0) is 0 Å². The summed E-state index contributed by atoms with van der Waals surface area (Å²) < 4.78 is 11.7. The molecule has 1 aromatic carbocycles. The monoisotopic (exact) mass is 214 g/mol. The normalized spacial score (nSPS) is 20.4. The second kappa shape index (κ2) is 2.41. The highest BCUT2D eigenvalue weighted by molar-refractivity contribution is 9.10. The Hall–Kier alpha value is -0.700. The van der Waals surface area contributed by atoms with Crippen LogP contribution in [-0.4, -0.2) is 6.29 Å². The molecule has 0 N–H and O–H groups in total. The van der Waals surface area contributed by atoms with Crippen LogP contribution in [0.15, 0.2) is 22.7 Å². The molecule has 58 valence electrons. The fourth-order valence-electron chi connectivity index (χ4n) is 1.05. The summed E-state index contributed by atoms with van der Waals surface area (Å²) in [7, 11) is 0. The molecule has 0 spiro atoms. The lowest BCUT2D eigenvalue weighted by molar-refractivity contribution is 0.0678. The van der Waals surface area contributed by atoms with Gasteiger partial charge in [0.05, 0.1) is 0 Å². The maximum atomic E-state index is 5.34. The highest BCUT2D eigenvalue weighted by Gasteiger charge is 2.19. The van der Waals surface area contributed by atoms with Crippen LogP contribution in [0.4, 0.5) is 0 Å². The van der Waals surface area contributed by atoms with Crippen LogP contribution in [0.5, 0.6) is 11.5 Å². The number of benzene rings is 1. The van der Waals surface area contributed by atoms with Gasteiger partial charge in [0.15, 0.2) is 11.5 Å². The number of ether oxygens (including phenoxy) is 2. The average molecular weight is 215 g/mol. The Labute approximate surface area is 73.3 Å². The van der Waals surface area contributed by atoms with Crippen LogP contribution in [0.25, 0.3) is 0 Å².